The lowest BCUT2D eigenvalue weighted by atomic mass is 10.0. The predicted octanol–water partition coefficient (Wildman–Crippen LogP) is 1.72. The summed E-state index contributed by atoms with van der Waals surface area (Å²) in [5.41, 5.74) is 1.13. The van der Waals surface area contributed by atoms with Gasteiger partial charge in [-0.15, -0.1) is 5.10 Å². The Labute approximate surface area is 143 Å². The number of hydrogen-bond acceptors (Lipinski definition) is 5. The molecule has 0 radical (unpaired) electrons. The summed E-state index contributed by atoms with van der Waals surface area (Å²) >= 11 is 0. The van der Waals surface area contributed by atoms with Crippen LogP contribution in [0.25, 0.3) is 0 Å². The number of fused-ring (bicyclic) bond motifs is 1. The highest BCUT2D eigenvalue weighted by Crippen LogP contribution is 2.35. The van der Waals surface area contributed by atoms with E-state index in [4.69, 9.17) is 9.47 Å². The molecule has 4 fully saturated rings. The fourth-order valence-electron chi connectivity index (χ4n) is 4.60. The fourth-order valence-corrected chi connectivity index (χ4v) is 4.60. The van der Waals surface area contributed by atoms with Crippen molar-refractivity contribution in [3.63, 3.8) is 0 Å². The van der Waals surface area contributed by atoms with Gasteiger partial charge in [0.2, 0.25) is 0 Å². The molecule has 1 N–H and O–H groups in total. The summed E-state index contributed by atoms with van der Waals surface area (Å²) in [5.74, 6) is 1.69. The molecule has 24 heavy (non-hydrogen) atoms. The molecule has 0 spiro atoms. The van der Waals surface area contributed by atoms with Gasteiger partial charge in [-0.1, -0.05) is 30.9 Å². The van der Waals surface area contributed by atoms with Gasteiger partial charge >= 0.3 is 0 Å². The Kier molecular flexibility index (Phi) is 4.07. The molecule has 4 unspecified atom stereocenters. The minimum Gasteiger partial charge on any atom is -0.371 e. The first-order chi connectivity index (χ1) is 11.9. The van der Waals surface area contributed by atoms with Crippen LogP contribution in [0.1, 0.15) is 50.3 Å². The summed E-state index contributed by atoms with van der Waals surface area (Å²) in [6, 6.07) is 0.509. The van der Waals surface area contributed by atoms with Crippen molar-refractivity contribution in [2.75, 3.05) is 19.8 Å². The van der Waals surface area contributed by atoms with Crippen molar-refractivity contribution in [1.82, 2.24) is 20.3 Å². The summed E-state index contributed by atoms with van der Waals surface area (Å²) in [5, 5.41) is 12.5. The minimum atomic E-state index is 0.114. The molecule has 5 rings (SSSR count). The molecule has 3 heterocycles. The molecule has 0 aromatic carbocycles. The highest BCUT2D eigenvalue weighted by molar-refractivity contribution is 5.03. The van der Waals surface area contributed by atoms with Crippen molar-refractivity contribution in [3.05, 3.63) is 11.9 Å². The SMILES string of the molecule is c1c(CC2CCCC2)nnn1C1COC2C(NCC3CC3)COC21. The lowest BCUT2D eigenvalue weighted by Gasteiger charge is -2.17. The maximum atomic E-state index is 6.08. The van der Waals surface area contributed by atoms with Crippen molar-refractivity contribution < 1.29 is 9.47 Å². The number of rotatable bonds is 6. The number of nitrogens with one attached hydrogen (secondary N) is 1. The van der Waals surface area contributed by atoms with Crippen LogP contribution >= 0.6 is 0 Å². The lowest BCUT2D eigenvalue weighted by Crippen LogP contribution is -2.41. The van der Waals surface area contributed by atoms with Crippen LogP contribution in [-0.2, 0) is 15.9 Å². The van der Waals surface area contributed by atoms with Gasteiger partial charge in [-0.3, -0.25) is 0 Å². The van der Waals surface area contributed by atoms with E-state index in [0.717, 1.165) is 37.1 Å². The number of hydrogen-bond donors (Lipinski definition) is 1. The second-order valence-corrected chi connectivity index (χ2v) is 8.17. The maximum absolute atomic E-state index is 6.08. The summed E-state index contributed by atoms with van der Waals surface area (Å²) in [7, 11) is 0. The Morgan fingerprint density at radius 1 is 1.04 bits per heavy atom. The molecule has 2 aliphatic heterocycles. The molecule has 4 atom stereocenters. The highest BCUT2D eigenvalue weighted by atomic mass is 16.6. The van der Waals surface area contributed by atoms with Crippen LogP contribution in [0.4, 0.5) is 0 Å². The van der Waals surface area contributed by atoms with Crippen LogP contribution in [0.5, 0.6) is 0 Å². The zero-order valence-electron chi connectivity index (χ0n) is 14.3. The molecule has 6 heteroatoms. The van der Waals surface area contributed by atoms with Crippen LogP contribution in [0.2, 0.25) is 0 Å². The van der Waals surface area contributed by atoms with E-state index in [2.05, 4.69) is 21.8 Å². The normalized spacial score (nSPS) is 36.5. The number of nitrogens with zero attached hydrogens (tertiary/aromatic N) is 3. The molecule has 6 nitrogen and oxygen atoms in total. The lowest BCUT2D eigenvalue weighted by molar-refractivity contribution is 0.0620. The Bertz CT molecular complexity index is 567. The van der Waals surface area contributed by atoms with Crippen molar-refractivity contribution in [2.45, 2.75) is 69.2 Å². The average molecular weight is 332 g/mol. The van der Waals surface area contributed by atoms with E-state index >= 15 is 0 Å². The third kappa shape index (κ3) is 3.00. The molecule has 2 aliphatic carbocycles. The van der Waals surface area contributed by atoms with Gasteiger partial charge in [-0.2, -0.15) is 0 Å². The summed E-state index contributed by atoms with van der Waals surface area (Å²) in [4.78, 5) is 0. The van der Waals surface area contributed by atoms with Crippen molar-refractivity contribution in [2.24, 2.45) is 11.8 Å². The van der Waals surface area contributed by atoms with E-state index < -0.39 is 0 Å². The molecular weight excluding hydrogens is 304 g/mol. The maximum Gasteiger partial charge on any atom is 0.110 e. The van der Waals surface area contributed by atoms with E-state index in [-0.39, 0.29) is 18.2 Å². The van der Waals surface area contributed by atoms with E-state index in [1.807, 2.05) is 4.68 Å². The van der Waals surface area contributed by atoms with Gasteiger partial charge in [-0.05, 0) is 37.6 Å². The highest BCUT2D eigenvalue weighted by Gasteiger charge is 2.49. The largest absolute Gasteiger partial charge is 0.371 e. The first-order valence-corrected chi connectivity index (χ1v) is 9.74. The summed E-state index contributed by atoms with van der Waals surface area (Å²) in [6.45, 7) is 2.55. The smallest absolute Gasteiger partial charge is 0.110 e. The van der Waals surface area contributed by atoms with Gasteiger partial charge in [-0.25, -0.2) is 4.68 Å². The van der Waals surface area contributed by atoms with Gasteiger partial charge in [0.25, 0.3) is 0 Å². The van der Waals surface area contributed by atoms with E-state index in [9.17, 15) is 0 Å². The average Bonchev–Trinajstić information content (AvgIpc) is 3.04. The van der Waals surface area contributed by atoms with Crippen LogP contribution in [0.3, 0.4) is 0 Å². The van der Waals surface area contributed by atoms with Gasteiger partial charge in [0.15, 0.2) is 0 Å². The van der Waals surface area contributed by atoms with Crippen molar-refractivity contribution >= 4 is 0 Å². The first-order valence-electron chi connectivity index (χ1n) is 9.74. The van der Waals surface area contributed by atoms with Gasteiger partial charge in [0.1, 0.15) is 18.2 Å². The second kappa shape index (κ2) is 6.39. The Balaban J connectivity index is 1.21. The molecule has 2 saturated carbocycles. The van der Waals surface area contributed by atoms with E-state index in [1.54, 1.807) is 0 Å². The number of aromatic nitrogens is 3. The predicted molar refractivity (Wildman–Crippen MR) is 88.7 cm³/mol. The molecule has 0 bridgehead atoms. The fraction of sp³-hybridized carbons (Fsp3) is 0.889. The Hall–Kier alpha value is -0.980. The van der Waals surface area contributed by atoms with Crippen LogP contribution in [0, 0.1) is 11.8 Å². The third-order valence-corrected chi connectivity index (χ3v) is 6.26. The first kappa shape index (κ1) is 15.3. The van der Waals surface area contributed by atoms with Gasteiger partial charge in [0.05, 0.1) is 24.9 Å². The molecule has 1 aromatic rings. The minimum absolute atomic E-state index is 0.114. The molecular formula is C18H28N4O2. The number of ether oxygens (including phenoxy) is 2. The topological polar surface area (TPSA) is 61.2 Å². The van der Waals surface area contributed by atoms with Crippen molar-refractivity contribution in [3.8, 4) is 0 Å². The molecule has 0 amide bonds. The zero-order valence-corrected chi connectivity index (χ0v) is 14.3. The Morgan fingerprint density at radius 3 is 2.71 bits per heavy atom. The molecule has 1 aromatic heterocycles. The van der Waals surface area contributed by atoms with Crippen LogP contribution in [0.15, 0.2) is 6.20 Å². The van der Waals surface area contributed by atoms with E-state index in [1.165, 1.54) is 38.5 Å². The Morgan fingerprint density at radius 2 is 1.88 bits per heavy atom. The molecule has 2 saturated heterocycles. The zero-order chi connectivity index (χ0) is 15.9. The second-order valence-electron chi connectivity index (χ2n) is 8.17. The monoisotopic (exact) mass is 332 g/mol. The van der Waals surface area contributed by atoms with Crippen molar-refractivity contribution in [1.29, 1.82) is 0 Å². The van der Waals surface area contributed by atoms with Gasteiger partial charge < -0.3 is 14.8 Å². The van der Waals surface area contributed by atoms with E-state index in [0.29, 0.717) is 12.6 Å². The van der Waals surface area contributed by atoms with Crippen LogP contribution < -0.4 is 5.32 Å². The van der Waals surface area contributed by atoms with Gasteiger partial charge in [0, 0.05) is 6.20 Å². The quantitative estimate of drug-likeness (QED) is 0.859. The molecule has 4 aliphatic rings. The summed E-state index contributed by atoms with van der Waals surface area (Å²) in [6.07, 6.45) is 11.7. The molecule has 132 valence electrons. The standard InChI is InChI=1S/C18H28N4O2/c1-2-4-12(3-1)7-14-9-22(21-20-14)16-11-24-17-15(10-23-18(16)17)19-8-13-5-6-13/h9,12-13,15-19H,1-8,10-11H2. The van der Waals surface area contributed by atoms with Crippen LogP contribution in [-0.4, -0.2) is 53.0 Å². The third-order valence-electron chi connectivity index (χ3n) is 6.26. The summed E-state index contributed by atoms with van der Waals surface area (Å²) < 4.78 is 14.1.